The molecular weight excluding hydrogens is 238 g/mol. The summed E-state index contributed by atoms with van der Waals surface area (Å²) in [6.45, 7) is 6.59. The molecule has 0 bridgehead atoms. The van der Waals surface area contributed by atoms with Crippen LogP contribution in [-0.2, 0) is 0 Å². The topological polar surface area (TPSA) is 32.7 Å². The first kappa shape index (κ1) is 14.4. The van der Waals surface area contributed by atoms with Crippen LogP contribution in [0.5, 0.6) is 5.75 Å². The Labute approximate surface area is 116 Å². The highest BCUT2D eigenvalue weighted by molar-refractivity contribution is 5.29. The summed E-state index contributed by atoms with van der Waals surface area (Å²) in [6.07, 6.45) is 2.07. The lowest BCUT2D eigenvalue weighted by molar-refractivity contribution is 0.0351. The van der Waals surface area contributed by atoms with E-state index in [1.165, 1.54) is 12.8 Å². The van der Waals surface area contributed by atoms with Gasteiger partial charge < -0.3 is 9.84 Å². The summed E-state index contributed by atoms with van der Waals surface area (Å²) in [5, 5.41) is 10.7. The van der Waals surface area contributed by atoms with E-state index in [0.29, 0.717) is 5.92 Å². The molecule has 2 atom stereocenters. The first-order chi connectivity index (χ1) is 9.13. The zero-order chi connectivity index (χ0) is 13.8. The zero-order valence-electron chi connectivity index (χ0n) is 12.2. The van der Waals surface area contributed by atoms with Gasteiger partial charge in [-0.2, -0.15) is 0 Å². The lowest BCUT2D eigenvalue weighted by Crippen LogP contribution is -2.41. The smallest absolute Gasteiger partial charge is 0.118 e. The summed E-state index contributed by atoms with van der Waals surface area (Å²) >= 11 is 0. The number of aliphatic hydroxyl groups is 1. The molecule has 1 N–H and O–H groups in total. The van der Waals surface area contributed by atoms with E-state index in [-0.39, 0.29) is 6.04 Å². The highest BCUT2D eigenvalue weighted by Crippen LogP contribution is 2.30. The summed E-state index contributed by atoms with van der Waals surface area (Å²) in [4.78, 5) is 2.43. The van der Waals surface area contributed by atoms with Crippen LogP contribution in [0.4, 0.5) is 0 Å². The second-order valence-corrected chi connectivity index (χ2v) is 5.70. The van der Waals surface area contributed by atoms with Gasteiger partial charge in [-0.15, -0.1) is 0 Å². The fourth-order valence-corrected chi connectivity index (χ4v) is 3.02. The van der Waals surface area contributed by atoms with E-state index in [2.05, 4.69) is 18.7 Å². The SMILES string of the molecule is COc1ccc([C@H](O)[C@@H](C(C)C)N2CCCC2)cc1. The molecule has 3 nitrogen and oxygen atoms in total. The van der Waals surface area contributed by atoms with E-state index in [1.54, 1.807) is 7.11 Å². The van der Waals surface area contributed by atoms with Gasteiger partial charge >= 0.3 is 0 Å². The minimum absolute atomic E-state index is 0.205. The van der Waals surface area contributed by atoms with Gasteiger partial charge in [0.1, 0.15) is 5.75 Å². The number of ether oxygens (including phenoxy) is 1. The molecule has 0 unspecified atom stereocenters. The Morgan fingerprint density at radius 1 is 1.11 bits per heavy atom. The molecule has 1 aliphatic rings. The van der Waals surface area contributed by atoms with Gasteiger partial charge in [-0.25, -0.2) is 0 Å². The van der Waals surface area contributed by atoms with Crippen molar-refractivity contribution in [2.24, 2.45) is 5.92 Å². The molecule has 1 aromatic rings. The molecule has 1 aliphatic heterocycles. The number of methoxy groups -OCH3 is 1. The molecule has 0 aromatic heterocycles. The van der Waals surface area contributed by atoms with E-state index in [9.17, 15) is 5.11 Å². The number of nitrogens with zero attached hydrogens (tertiary/aromatic N) is 1. The number of benzene rings is 1. The van der Waals surface area contributed by atoms with Crippen molar-refractivity contribution in [3.63, 3.8) is 0 Å². The highest BCUT2D eigenvalue weighted by Gasteiger charge is 2.31. The maximum absolute atomic E-state index is 10.7. The molecule has 1 aromatic carbocycles. The van der Waals surface area contributed by atoms with E-state index in [4.69, 9.17) is 4.74 Å². The van der Waals surface area contributed by atoms with Crippen molar-refractivity contribution in [1.82, 2.24) is 4.90 Å². The number of likely N-dealkylation sites (tertiary alicyclic amines) is 1. The Morgan fingerprint density at radius 3 is 2.16 bits per heavy atom. The van der Waals surface area contributed by atoms with Gasteiger partial charge in [-0.3, -0.25) is 4.90 Å². The van der Waals surface area contributed by atoms with Crippen LogP contribution in [0.2, 0.25) is 0 Å². The Hall–Kier alpha value is -1.06. The number of hydrogen-bond donors (Lipinski definition) is 1. The average Bonchev–Trinajstić information content (AvgIpc) is 2.92. The van der Waals surface area contributed by atoms with Crippen LogP contribution in [0, 0.1) is 5.92 Å². The monoisotopic (exact) mass is 263 g/mol. The minimum Gasteiger partial charge on any atom is -0.497 e. The van der Waals surface area contributed by atoms with E-state index < -0.39 is 6.10 Å². The summed E-state index contributed by atoms with van der Waals surface area (Å²) in [7, 11) is 1.66. The van der Waals surface area contributed by atoms with Gasteiger partial charge in [0.15, 0.2) is 0 Å². The van der Waals surface area contributed by atoms with Crippen LogP contribution in [-0.4, -0.2) is 36.2 Å². The van der Waals surface area contributed by atoms with Crippen LogP contribution < -0.4 is 4.74 Å². The molecule has 1 fully saturated rings. The van der Waals surface area contributed by atoms with Gasteiger partial charge in [-0.1, -0.05) is 26.0 Å². The molecule has 106 valence electrons. The summed E-state index contributed by atoms with van der Waals surface area (Å²) in [5.74, 6) is 1.27. The van der Waals surface area contributed by atoms with Crippen LogP contribution in [0.15, 0.2) is 24.3 Å². The summed E-state index contributed by atoms with van der Waals surface area (Å²) < 4.78 is 5.16. The number of hydrogen-bond acceptors (Lipinski definition) is 3. The Balaban J connectivity index is 2.15. The van der Waals surface area contributed by atoms with Crippen molar-refractivity contribution in [1.29, 1.82) is 0 Å². The van der Waals surface area contributed by atoms with Crippen molar-refractivity contribution in [2.45, 2.75) is 38.8 Å². The van der Waals surface area contributed by atoms with Gasteiger partial charge in [-0.05, 0) is 49.5 Å². The van der Waals surface area contributed by atoms with Crippen LogP contribution in [0.1, 0.15) is 38.4 Å². The largest absolute Gasteiger partial charge is 0.497 e. The predicted molar refractivity (Wildman–Crippen MR) is 77.4 cm³/mol. The van der Waals surface area contributed by atoms with Crippen LogP contribution >= 0.6 is 0 Å². The summed E-state index contributed by atoms with van der Waals surface area (Å²) in [5.41, 5.74) is 0.978. The first-order valence-corrected chi connectivity index (χ1v) is 7.19. The lowest BCUT2D eigenvalue weighted by atomic mass is 9.92. The minimum atomic E-state index is -0.427. The molecule has 1 heterocycles. The molecule has 0 aliphatic carbocycles. The zero-order valence-corrected chi connectivity index (χ0v) is 12.2. The molecule has 0 amide bonds. The van der Waals surface area contributed by atoms with E-state index in [1.807, 2.05) is 24.3 Å². The predicted octanol–water partition coefficient (Wildman–Crippen LogP) is 2.85. The van der Waals surface area contributed by atoms with Crippen molar-refractivity contribution in [2.75, 3.05) is 20.2 Å². The Kier molecular flexibility index (Phi) is 4.83. The Morgan fingerprint density at radius 2 is 1.68 bits per heavy atom. The lowest BCUT2D eigenvalue weighted by Gasteiger charge is -2.35. The number of rotatable bonds is 5. The van der Waals surface area contributed by atoms with Gasteiger partial charge in [0.25, 0.3) is 0 Å². The standard InChI is InChI=1S/C16H25NO2/c1-12(2)15(17-10-4-5-11-17)16(18)13-6-8-14(19-3)9-7-13/h6-9,12,15-16,18H,4-5,10-11H2,1-3H3/t15-,16+/m1/s1. The second kappa shape index (κ2) is 6.40. The maximum Gasteiger partial charge on any atom is 0.118 e. The second-order valence-electron chi connectivity index (χ2n) is 5.70. The highest BCUT2D eigenvalue weighted by atomic mass is 16.5. The fraction of sp³-hybridized carbons (Fsp3) is 0.625. The Bertz CT molecular complexity index is 382. The third kappa shape index (κ3) is 3.28. The fourth-order valence-electron chi connectivity index (χ4n) is 3.02. The average molecular weight is 263 g/mol. The molecule has 0 spiro atoms. The molecular formula is C16H25NO2. The van der Waals surface area contributed by atoms with Crippen LogP contribution in [0.3, 0.4) is 0 Å². The molecule has 0 radical (unpaired) electrons. The van der Waals surface area contributed by atoms with Crippen molar-refractivity contribution >= 4 is 0 Å². The van der Waals surface area contributed by atoms with Crippen molar-refractivity contribution in [3.05, 3.63) is 29.8 Å². The number of aliphatic hydroxyl groups excluding tert-OH is 1. The molecule has 2 rings (SSSR count). The third-order valence-electron chi connectivity index (χ3n) is 4.03. The van der Waals surface area contributed by atoms with Gasteiger partial charge in [0, 0.05) is 6.04 Å². The summed E-state index contributed by atoms with van der Waals surface area (Å²) in [6, 6.07) is 7.97. The third-order valence-corrected chi connectivity index (χ3v) is 4.03. The van der Waals surface area contributed by atoms with Crippen molar-refractivity contribution < 1.29 is 9.84 Å². The molecule has 3 heteroatoms. The van der Waals surface area contributed by atoms with Crippen LogP contribution in [0.25, 0.3) is 0 Å². The normalized spacial score (nSPS) is 19.6. The molecule has 1 saturated heterocycles. The van der Waals surface area contributed by atoms with E-state index in [0.717, 1.165) is 24.4 Å². The van der Waals surface area contributed by atoms with Gasteiger partial charge in [0.05, 0.1) is 13.2 Å². The van der Waals surface area contributed by atoms with Gasteiger partial charge in [0.2, 0.25) is 0 Å². The maximum atomic E-state index is 10.7. The molecule has 19 heavy (non-hydrogen) atoms. The quantitative estimate of drug-likeness (QED) is 0.886. The molecule has 0 saturated carbocycles. The first-order valence-electron chi connectivity index (χ1n) is 7.19. The van der Waals surface area contributed by atoms with Crippen molar-refractivity contribution in [3.8, 4) is 5.75 Å². The van der Waals surface area contributed by atoms with E-state index >= 15 is 0 Å².